The first-order chi connectivity index (χ1) is 10.4. The number of aromatic amines is 1. The molecule has 0 amide bonds. The number of fused-ring (bicyclic) bond motifs is 1. The van der Waals surface area contributed by atoms with Crippen LogP contribution in [0.1, 0.15) is 30.1 Å². The predicted molar refractivity (Wildman–Crippen MR) is 86.0 cm³/mol. The second kappa shape index (κ2) is 5.88. The first kappa shape index (κ1) is 15.9. The standard InChI is InChI=1S/C13H20N4O3S2/c1-22(19,20)16-6-3-9(4-7-16)17-12(18)10-2-5-14-8-11(10)15-13(17)21/h9,14H,2-8H2,1H3,(H,15,21). The molecule has 0 saturated carbocycles. The van der Waals surface area contributed by atoms with Crippen LogP contribution in [0.4, 0.5) is 0 Å². The predicted octanol–water partition coefficient (Wildman–Crippen LogP) is 0.148. The largest absolute Gasteiger partial charge is 0.334 e. The van der Waals surface area contributed by atoms with E-state index in [1.54, 1.807) is 4.57 Å². The first-order valence-corrected chi connectivity index (χ1v) is 9.66. The summed E-state index contributed by atoms with van der Waals surface area (Å²) in [6.45, 7) is 2.30. The van der Waals surface area contributed by atoms with Gasteiger partial charge >= 0.3 is 0 Å². The number of hydrogen-bond acceptors (Lipinski definition) is 5. The maximum Gasteiger partial charge on any atom is 0.258 e. The summed E-state index contributed by atoms with van der Waals surface area (Å²) in [4.78, 5) is 15.9. The van der Waals surface area contributed by atoms with Crippen LogP contribution < -0.4 is 10.9 Å². The molecule has 2 aliphatic rings. The van der Waals surface area contributed by atoms with Crippen molar-refractivity contribution < 1.29 is 8.42 Å². The Balaban J connectivity index is 1.91. The number of hydrogen-bond donors (Lipinski definition) is 2. The molecule has 0 unspecified atom stereocenters. The maximum atomic E-state index is 12.7. The molecule has 0 atom stereocenters. The Labute approximate surface area is 134 Å². The number of rotatable bonds is 2. The number of sulfonamides is 1. The molecule has 122 valence electrons. The molecule has 7 nitrogen and oxygen atoms in total. The van der Waals surface area contributed by atoms with Gasteiger partial charge in [0.2, 0.25) is 10.0 Å². The molecule has 0 spiro atoms. The highest BCUT2D eigenvalue weighted by Crippen LogP contribution is 2.23. The minimum atomic E-state index is -3.16. The van der Waals surface area contributed by atoms with Crippen LogP contribution in [0, 0.1) is 4.77 Å². The summed E-state index contributed by atoms with van der Waals surface area (Å²) >= 11 is 5.36. The Hall–Kier alpha value is -1.03. The van der Waals surface area contributed by atoms with E-state index in [0.29, 0.717) is 43.7 Å². The van der Waals surface area contributed by atoms with Crippen LogP contribution in [0.2, 0.25) is 0 Å². The van der Waals surface area contributed by atoms with Crippen LogP contribution in [0.5, 0.6) is 0 Å². The zero-order valence-corrected chi connectivity index (χ0v) is 14.1. The molecule has 0 radical (unpaired) electrons. The van der Waals surface area contributed by atoms with E-state index in [2.05, 4.69) is 10.3 Å². The van der Waals surface area contributed by atoms with Crippen LogP contribution in [-0.4, -0.2) is 48.2 Å². The second-order valence-corrected chi connectivity index (χ2v) is 8.25. The lowest BCUT2D eigenvalue weighted by Crippen LogP contribution is -2.42. The summed E-state index contributed by atoms with van der Waals surface area (Å²) in [5.41, 5.74) is 1.67. The van der Waals surface area contributed by atoms with Crippen LogP contribution in [0.3, 0.4) is 0 Å². The minimum Gasteiger partial charge on any atom is -0.334 e. The monoisotopic (exact) mass is 344 g/mol. The highest BCUT2D eigenvalue weighted by Gasteiger charge is 2.28. The van der Waals surface area contributed by atoms with Crippen molar-refractivity contribution in [2.24, 2.45) is 0 Å². The third kappa shape index (κ3) is 2.90. The number of H-pyrrole nitrogens is 1. The fraction of sp³-hybridized carbons (Fsp3) is 0.692. The molecular formula is C13H20N4O3S2. The Kier molecular flexibility index (Phi) is 4.23. The first-order valence-electron chi connectivity index (χ1n) is 7.40. The molecule has 0 aliphatic carbocycles. The van der Waals surface area contributed by atoms with Crippen molar-refractivity contribution in [1.29, 1.82) is 0 Å². The average molecular weight is 344 g/mol. The molecule has 0 bridgehead atoms. The van der Waals surface area contributed by atoms with Gasteiger partial charge in [-0.15, -0.1) is 0 Å². The molecule has 2 N–H and O–H groups in total. The van der Waals surface area contributed by atoms with Gasteiger partial charge in [0.05, 0.1) is 6.26 Å². The molecule has 2 aliphatic heterocycles. The Bertz CT molecular complexity index is 788. The molecule has 1 fully saturated rings. The topological polar surface area (TPSA) is 87.2 Å². The zero-order chi connectivity index (χ0) is 15.9. The zero-order valence-electron chi connectivity index (χ0n) is 12.5. The Morgan fingerprint density at radius 2 is 1.95 bits per heavy atom. The lowest BCUT2D eigenvalue weighted by Gasteiger charge is -2.31. The SMILES string of the molecule is CS(=O)(=O)N1CCC(n2c(=S)[nH]c3c(c2=O)CCNC3)CC1. The van der Waals surface area contributed by atoms with Crippen molar-refractivity contribution in [2.45, 2.75) is 31.8 Å². The lowest BCUT2D eigenvalue weighted by molar-refractivity contribution is 0.267. The van der Waals surface area contributed by atoms with Gasteiger partial charge in [0.25, 0.3) is 5.56 Å². The third-order valence-electron chi connectivity index (χ3n) is 4.43. The summed E-state index contributed by atoms with van der Waals surface area (Å²) in [7, 11) is -3.16. The van der Waals surface area contributed by atoms with E-state index >= 15 is 0 Å². The van der Waals surface area contributed by atoms with Gasteiger partial charge in [-0.25, -0.2) is 12.7 Å². The summed E-state index contributed by atoms with van der Waals surface area (Å²) in [6.07, 6.45) is 3.14. The van der Waals surface area contributed by atoms with E-state index in [1.807, 2.05) is 0 Å². The Morgan fingerprint density at radius 1 is 1.27 bits per heavy atom. The van der Waals surface area contributed by atoms with Crippen LogP contribution in [0.25, 0.3) is 0 Å². The van der Waals surface area contributed by atoms with Crippen LogP contribution in [0.15, 0.2) is 4.79 Å². The normalized spacial score (nSPS) is 20.8. The van der Waals surface area contributed by atoms with Crippen molar-refractivity contribution in [3.05, 3.63) is 26.4 Å². The fourth-order valence-corrected chi connectivity index (χ4v) is 4.46. The van der Waals surface area contributed by atoms with Crippen molar-refractivity contribution in [3.8, 4) is 0 Å². The van der Waals surface area contributed by atoms with E-state index in [-0.39, 0.29) is 11.6 Å². The highest BCUT2D eigenvalue weighted by molar-refractivity contribution is 7.88. The molecule has 1 saturated heterocycles. The van der Waals surface area contributed by atoms with Crippen LogP contribution >= 0.6 is 12.2 Å². The van der Waals surface area contributed by atoms with Gasteiger partial charge in [-0.2, -0.15) is 0 Å². The van der Waals surface area contributed by atoms with Gasteiger partial charge < -0.3 is 10.3 Å². The number of nitrogens with zero attached hydrogens (tertiary/aromatic N) is 2. The second-order valence-electron chi connectivity index (χ2n) is 5.88. The van der Waals surface area contributed by atoms with Gasteiger partial charge in [0, 0.05) is 36.9 Å². The summed E-state index contributed by atoms with van der Waals surface area (Å²) in [5, 5.41) is 3.22. The molecule has 3 heterocycles. The molecule has 3 rings (SSSR count). The summed E-state index contributed by atoms with van der Waals surface area (Å²) in [5.74, 6) is 0. The van der Waals surface area contributed by atoms with Crippen LogP contribution in [-0.2, 0) is 23.0 Å². The van der Waals surface area contributed by atoms with Gasteiger partial charge in [0.1, 0.15) is 0 Å². The Morgan fingerprint density at radius 3 is 2.59 bits per heavy atom. The van der Waals surface area contributed by atoms with E-state index in [4.69, 9.17) is 12.2 Å². The minimum absolute atomic E-state index is 0.0157. The maximum absolute atomic E-state index is 12.7. The van der Waals surface area contributed by atoms with Crippen molar-refractivity contribution in [1.82, 2.24) is 19.2 Å². The van der Waals surface area contributed by atoms with Crippen molar-refractivity contribution in [2.75, 3.05) is 25.9 Å². The molecule has 22 heavy (non-hydrogen) atoms. The number of nitrogens with one attached hydrogen (secondary N) is 2. The average Bonchev–Trinajstić information content (AvgIpc) is 2.47. The summed E-state index contributed by atoms with van der Waals surface area (Å²) in [6, 6.07) is -0.0329. The fourth-order valence-electron chi connectivity index (χ4n) is 3.23. The quantitative estimate of drug-likeness (QED) is 0.746. The summed E-state index contributed by atoms with van der Waals surface area (Å²) < 4.78 is 26.7. The smallest absolute Gasteiger partial charge is 0.258 e. The molecule has 1 aromatic rings. The molecule has 1 aromatic heterocycles. The number of piperidine rings is 1. The van der Waals surface area contributed by atoms with Crippen molar-refractivity contribution >= 4 is 22.2 Å². The van der Waals surface area contributed by atoms with Gasteiger partial charge in [-0.3, -0.25) is 9.36 Å². The number of aromatic nitrogens is 2. The third-order valence-corrected chi connectivity index (χ3v) is 6.03. The van der Waals surface area contributed by atoms with E-state index in [0.717, 1.165) is 17.8 Å². The van der Waals surface area contributed by atoms with E-state index in [9.17, 15) is 13.2 Å². The molecule has 0 aromatic carbocycles. The van der Waals surface area contributed by atoms with E-state index < -0.39 is 10.0 Å². The van der Waals surface area contributed by atoms with E-state index in [1.165, 1.54) is 10.6 Å². The molecule has 9 heteroatoms. The highest BCUT2D eigenvalue weighted by atomic mass is 32.2. The van der Waals surface area contributed by atoms with Gasteiger partial charge in [0.15, 0.2) is 4.77 Å². The van der Waals surface area contributed by atoms with Gasteiger partial charge in [-0.1, -0.05) is 0 Å². The van der Waals surface area contributed by atoms with Gasteiger partial charge in [-0.05, 0) is 38.0 Å². The molecular weight excluding hydrogens is 324 g/mol. The van der Waals surface area contributed by atoms with Crippen molar-refractivity contribution in [3.63, 3.8) is 0 Å². The lowest BCUT2D eigenvalue weighted by atomic mass is 10.0.